The van der Waals surface area contributed by atoms with Crippen molar-refractivity contribution in [1.82, 2.24) is 10.3 Å². The number of hydrogen-bond donors (Lipinski definition) is 1. The minimum absolute atomic E-state index is 0.339. The molecule has 0 aliphatic rings. The smallest absolute Gasteiger partial charge is 0.0900 e. The van der Waals surface area contributed by atoms with E-state index in [2.05, 4.69) is 38.0 Å². The molecule has 0 fully saturated rings. The summed E-state index contributed by atoms with van der Waals surface area (Å²) in [5.74, 6) is 0. The molecule has 1 heterocycles. The van der Waals surface area contributed by atoms with Crippen molar-refractivity contribution in [3.63, 3.8) is 0 Å². The molecule has 3 nitrogen and oxygen atoms in total. The Morgan fingerprint density at radius 1 is 1.28 bits per heavy atom. The van der Waals surface area contributed by atoms with Crippen molar-refractivity contribution in [3.05, 3.63) is 15.6 Å². The van der Waals surface area contributed by atoms with E-state index in [1.165, 1.54) is 23.4 Å². The second kappa shape index (κ2) is 8.62. The van der Waals surface area contributed by atoms with Gasteiger partial charge in [0.25, 0.3) is 0 Å². The number of nitrogens with one attached hydrogen (secondary N) is 1. The molecule has 1 atom stereocenters. The lowest BCUT2D eigenvalue weighted by atomic mass is 10.2. The van der Waals surface area contributed by atoms with Crippen LogP contribution in [0.15, 0.2) is 0 Å². The Morgan fingerprint density at radius 2 is 2.00 bits per heavy atom. The standard InChI is InChI=1S/C14H26N2OS/c1-5-6-9-17-10-7-8-15-11(2)14-12(3)18-13(4)16-14/h11,15H,5-10H2,1-4H3. The summed E-state index contributed by atoms with van der Waals surface area (Å²) in [6.45, 7) is 11.3. The lowest BCUT2D eigenvalue weighted by molar-refractivity contribution is 0.128. The fourth-order valence-corrected chi connectivity index (χ4v) is 2.80. The molecule has 0 amide bonds. The van der Waals surface area contributed by atoms with Gasteiger partial charge in [-0.05, 0) is 40.2 Å². The molecule has 0 spiro atoms. The van der Waals surface area contributed by atoms with Gasteiger partial charge >= 0.3 is 0 Å². The van der Waals surface area contributed by atoms with Crippen molar-refractivity contribution in [2.45, 2.75) is 53.0 Å². The van der Waals surface area contributed by atoms with Gasteiger partial charge in [-0.2, -0.15) is 0 Å². The van der Waals surface area contributed by atoms with Crippen molar-refractivity contribution in [1.29, 1.82) is 0 Å². The molecule has 0 aromatic carbocycles. The third-order valence-electron chi connectivity index (χ3n) is 2.91. The van der Waals surface area contributed by atoms with Crippen LogP contribution < -0.4 is 5.32 Å². The topological polar surface area (TPSA) is 34.1 Å². The largest absolute Gasteiger partial charge is 0.381 e. The van der Waals surface area contributed by atoms with E-state index in [1.54, 1.807) is 11.3 Å². The van der Waals surface area contributed by atoms with Crippen LogP contribution in [0.4, 0.5) is 0 Å². The summed E-state index contributed by atoms with van der Waals surface area (Å²) >= 11 is 1.77. The molecule has 18 heavy (non-hydrogen) atoms. The second-order valence-electron chi connectivity index (χ2n) is 4.67. The SMILES string of the molecule is CCCCOCCCNC(C)c1nc(C)sc1C. The van der Waals surface area contributed by atoms with Crippen molar-refractivity contribution in [2.24, 2.45) is 0 Å². The molecule has 0 radical (unpaired) electrons. The second-order valence-corrected chi connectivity index (χ2v) is 6.08. The highest BCUT2D eigenvalue weighted by Gasteiger charge is 2.11. The summed E-state index contributed by atoms with van der Waals surface area (Å²) < 4.78 is 5.54. The van der Waals surface area contributed by atoms with Gasteiger partial charge in [0.15, 0.2) is 0 Å². The Morgan fingerprint density at radius 3 is 2.61 bits per heavy atom. The molecule has 1 N–H and O–H groups in total. The van der Waals surface area contributed by atoms with E-state index in [4.69, 9.17) is 4.74 Å². The van der Waals surface area contributed by atoms with Crippen LogP contribution in [0.5, 0.6) is 0 Å². The molecule has 1 aromatic rings. The van der Waals surface area contributed by atoms with E-state index < -0.39 is 0 Å². The Kier molecular flexibility index (Phi) is 7.47. The van der Waals surface area contributed by atoms with Gasteiger partial charge in [0.1, 0.15) is 0 Å². The molecule has 0 saturated carbocycles. The molecule has 1 rings (SSSR count). The van der Waals surface area contributed by atoms with Crippen LogP contribution >= 0.6 is 11.3 Å². The average molecular weight is 270 g/mol. The maximum atomic E-state index is 5.54. The molecule has 0 bridgehead atoms. The van der Waals surface area contributed by atoms with Gasteiger partial charge in [-0.1, -0.05) is 13.3 Å². The predicted molar refractivity (Wildman–Crippen MR) is 78.3 cm³/mol. The summed E-state index contributed by atoms with van der Waals surface area (Å²) in [6, 6.07) is 0.339. The van der Waals surface area contributed by atoms with Gasteiger partial charge in [-0.3, -0.25) is 0 Å². The molecule has 104 valence electrons. The third kappa shape index (κ3) is 5.46. The van der Waals surface area contributed by atoms with Crippen LogP contribution in [0.3, 0.4) is 0 Å². The zero-order valence-corrected chi connectivity index (χ0v) is 12.9. The average Bonchev–Trinajstić information content (AvgIpc) is 2.67. The molecule has 1 aromatic heterocycles. The van der Waals surface area contributed by atoms with Crippen molar-refractivity contribution < 1.29 is 4.74 Å². The van der Waals surface area contributed by atoms with E-state index >= 15 is 0 Å². The van der Waals surface area contributed by atoms with Crippen molar-refractivity contribution in [3.8, 4) is 0 Å². The minimum atomic E-state index is 0.339. The van der Waals surface area contributed by atoms with Gasteiger partial charge in [-0.15, -0.1) is 11.3 Å². The van der Waals surface area contributed by atoms with Crippen molar-refractivity contribution in [2.75, 3.05) is 19.8 Å². The summed E-state index contributed by atoms with van der Waals surface area (Å²) in [5.41, 5.74) is 1.20. The van der Waals surface area contributed by atoms with Crippen LogP contribution in [0, 0.1) is 13.8 Å². The van der Waals surface area contributed by atoms with Gasteiger partial charge in [-0.25, -0.2) is 4.98 Å². The zero-order chi connectivity index (χ0) is 13.4. The number of rotatable bonds is 9. The number of aryl methyl sites for hydroxylation is 2. The van der Waals surface area contributed by atoms with E-state index in [-0.39, 0.29) is 0 Å². The quantitative estimate of drug-likeness (QED) is 0.696. The summed E-state index contributed by atoms with van der Waals surface area (Å²) in [4.78, 5) is 5.90. The summed E-state index contributed by atoms with van der Waals surface area (Å²) in [7, 11) is 0. The maximum absolute atomic E-state index is 5.54. The normalized spacial score (nSPS) is 12.9. The van der Waals surface area contributed by atoms with E-state index in [0.29, 0.717) is 6.04 Å². The predicted octanol–water partition coefficient (Wildman–Crippen LogP) is 3.62. The summed E-state index contributed by atoms with van der Waals surface area (Å²) in [5, 5.41) is 4.66. The Labute approximate surface area is 115 Å². The first-order valence-electron chi connectivity index (χ1n) is 6.90. The molecule has 4 heteroatoms. The number of aromatic nitrogens is 1. The lowest BCUT2D eigenvalue weighted by Gasteiger charge is -2.12. The third-order valence-corrected chi connectivity index (χ3v) is 3.81. The van der Waals surface area contributed by atoms with Crippen LogP contribution in [-0.4, -0.2) is 24.7 Å². The van der Waals surface area contributed by atoms with E-state index in [1.807, 2.05) is 0 Å². The number of thiazole rings is 1. The fraction of sp³-hybridized carbons (Fsp3) is 0.786. The molecular formula is C14H26N2OS. The highest BCUT2D eigenvalue weighted by molar-refractivity contribution is 7.11. The van der Waals surface area contributed by atoms with E-state index in [0.717, 1.165) is 31.2 Å². The van der Waals surface area contributed by atoms with Crippen molar-refractivity contribution >= 4 is 11.3 Å². The van der Waals surface area contributed by atoms with Crippen LogP contribution in [0.25, 0.3) is 0 Å². The number of unbranched alkanes of at least 4 members (excludes halogenated alkanes) is 1. The lowest BCUT2D eigenvalue weighted by Crippen LogP contribution is -2.21. The first-order valence-corrected chi connectivity index (χ1v) is 7.71. The van der Waals surface area contributed by atoms with Gasteiger partial charge in [0, 0.05) is 24.1 Å². The molecule has 0 saturated heterocycles. The monoisotopic (exact) mass is 270 g/mol. The zero-order valence-electron chi connectivity index (χ0n) is 12.1. The van der Waals surface area contributed by atoms with Gasteiger partial charge in [0.2, 0.25) is 0 Å². The Hall–Kier alpha value is -0.450. The molecular weight excluding hydrogens is 244 g/mol. The Bertz CT molecular complexity index is 339. The van der Waals surface area contributed by atoms with Gasteiger partial charge in [0.05, 0.1) is 10.7 Å². The van der Waals surface area contributed by atoms with Crippen LogP contribution in [-0.2, 0) is 4.74 Å². The first-order chi connectivity index (χ1) is 8.65. The molecule has 0 aliphatic carbocycles. The number of hydrogen-bond acceptors (Lipinski definition) is 4. The minimum Gasteiger partial charge on any atom is -0.381 e. The number of nitrogens with zero attached hydrogens (tertiary/aromatic N) is 1. The van der Waals surface area contributed by atoms with Crippen LogP contribution in [0.2, 0.25) is 0 Å². The van der Waals surface area contributed by atoms with E-state index in [9.17, 15) is 0 Å². The highest BCUT2D eigenvalue weighted by atomic mass is 32.1. The first kappa shape index (κ1) is 15.6. The molecule has 0 aliphatic heterocycles. The maximum Gasteiger partial charge on any atom is 0.0900 e. The number of ether oxygens (including phenoxy) is 1. The fourth-order valence-electron chi connectivity index (χ4n) is 1.88. The molecule has 1 unspecified atom stereocenters. The summed E-state index contributed by atoms with van der Waals surface area (Å²) in [6.07, 6.45) is 3.44. The van der Waals surface area contributed by atoms with Gasteiger partial charge < -0.3 is 10.1 Å². The van der Waals surface area contributed by atoms with Crippen LogP contribution in [0.1, 0.15) is 54.7 Å². The highest BCUT2D eigenvalue weighted by Crippen LogP contribution is 2.22. The Balaban J connectivity index is 2.14.